The van der Waals surface area contributed by atoms with Crippen LogP contribution in [0.2, 0.25) is 0 Å². The van der Waals surface area contributed by atoms with E-state index in [2.05, 4.69) is 24.1 Å². The summed E-state index contributed by atoms with van der Waals surface area (Å²) in [5.74, 6) is 3.43. The van der Waals surface area contributed by atoms with Gasteiger partial charge in [0.25, 0.3) is 0 Å². The number of benzene rings is 3. The zero-order chi connectivity index (χ0) is 44.4. The Labute approximate surface area is 369 Å². The van der Waals surface area contributed by atoms with E-state index in [0.29, 0.717) is 54.4 Å². The van der Waals surface area contributed by atoms with Crippen LogP contribution in [0.4, 0.5) is 5.69 Å². The first-order chi connectivity index (χ1) is 30.3. The number of aliphatic hydroxyl groups excluding tert-OH is 3. The summed E-state index contributed by atoms with van der Waals surface area (Å²) in [5.41, 5.74) is 4.40. The normalized spacial score (nSPS) is 29.4. The molecule has 3 aliphatic heterocycles. The van der Waals surface area contributed by atoms with Gasteiger partial charge in [0.05, 0.1) is 31.2 Å². The monoisotopic (exact) mass is 859 g/mol. The summed E-state index contributed by atoms with van der Waals surface area (Å²) in [4.78, 5) is 41.9. The number of anilines is 1. The minimum atomic E-state index is -1.57. The molecule has 334 valence electrons. The van der Waals surface area contributed by atoms with E-state index in [1.807, 2.05) is 36.4 Å². The molecule has 0 unspecified atom stereocenters. The Morgan fingerprint density at radius 3 is 2.52 bits per heavy atom. The van der Waals surface area contributed by atoms with Gasteiger partial charge in [-0.25, -0.2) is 4.79 Å². The summed E-state index contributed by atoms with van der Waals surface area (Å²) >= 11 is 0. The quantitative estimate of drug-likeness (QED) is 0.0586. The molecule has 0 spiro atoms. The van der Waals surface area contributed by atoms with Crippen LogP contribution in [0.25, 0.3) is 0 Å². The maximum absolute atomic E-state index is 15.0. The molecular weight excluding hydrogens is 799 g/mol. The van der Waals surface area contributed by atoms with Crippen LogP contribution < -0.4 is 10.1 Å². The summed E-state index contributed by atoms with van der Waals surface area (Å²) in [6.07, 6.45) is 5.10. The van der Waals surface area contributed by atoms with E-state index >= 15 is 4.79 Å². The van der Waals surface area contributed by atoms with E-state index in [1.54, 1.807) is 13.0 Å². The topological polar surface area (TPSA) is 183 Å². The largest absolute Gasteiger partial charge is 0.508 e. The highest BCUT2D eigenvalue weighted by molar-refractivity contribution is 5.89. The van der Waals surface area contributed by atoms with E-state index in [9.17, 15) is 35.1 Å². The van der Waals surface area contributed by atoms with Crippen molar-refractivity contribution in [2.45, 2.75) is 146 Å². The first-order valence-corrected chi connectivity index (χ1v) is 23.0. The van der Waals surface area contributed by atoms with E-state index in [1.165, 1.54) is 12.1 Å². The van der Waals surface area contributed by atoms with Crippen LogP contribution in [0, 0.1) is 29.6 Å². The van der Waals surface area contributed by atoms with Crippen LogP contribution in [0.1, 0.15) is 129 Å². The Bertz CT molecular complexity index is 2320. The Balaban J connectivity index is 1.32. The van der Waals surface area contributed by atoms with E-state index in [0.717, 1.165) is 48.1 Å². The zero-order valence-electron chi connectivity index (χ0n) is 36.4. The molecule has 11 heteroatoms. The summed E-state index contributed by atoms with van der Waals surface area (Å²) < 4.78 is 12.2. The molecule has 8 rings (SSSR count). The number of aromatic hydroxyl groups is 1. The van der Waals surface area contributed by atoms with Gasteiger partial charge in [-0.15, -0.1) is 0 Å². The van der Waals surface area contributed by atoms with Gasteiger partial charge in [-0.05, 0) is 115 Å². The number of ether oxygens (including phenoxy) is 2. The smallest absolute Gasteiger partial charge is 0.334 e. The van der Waals surface area contributed by atoms with Crippen molar-refractivity contribution in [3.8, 4) is 23.3 Å². The third-order valence-corrected chi connectivity index (χ3v) is 14.3. The van der Waals surface area contributed by atoms with Crippen molar-refractivity contribution < 1.29 is 49.4 Å². The second-order valence-electron chi connectivity index (χ2n) is 18.7. The second-order valence-corrected chi connectivity index (χ2v) is 18.7. The fraction of sp³-hybridized carbons (Fsp3) is 0.519. The Hall–Kier alpha value is -4.99. The Morgan fingerprint density at radius 1 is 0.952 bits per heavy atom. The number of carbonyl (C=O) groups excluding carboxylic acids is 3. The number of unbranched alkanes of at least 4 members (excludes halogenated alkanes) is 2. The molecule has 0 radical (unpaired) electrons. The molecule has 0 aromatic heterocycles. The van der Waals surface area contributed by atoms with Gasteiger partial charge >= 0.3 is 11.9 Å². The molecule has 3 heterocycles. The third kappa shape index (κ3) is 9.61. The van der Waals surface area contributed by atoms with Crippen molar-refractivity contribution in [1.82, 2.24) is 0 Å². The van der Waals surface area contributed by atoms with Crippen LogP contribution in [-0.4, -0.2) is 73.7 Å². The predicted octanol–water partition coefficient (Wildman–Crippen LogP) is 6.66. The van der Waals surface area contributed by atoms with Gasteiger partial charge in [0.15, 0.2) is 0 Å². The lowest BCUT2D eigenvalue weighted by Crippen LogP contribution is -2.59. The van der Waals surface area contributed by atoms with Crippen molar-refractivity contribution in [3.63, 3.8) is 0 Å². The minimum Gasteiger partial charge on any atom is -0.508 e. The van der Waals surface area contributed by atoms with Gasteiger partial charge in [-0.1, -0.05) is 68.4 Å². The lowest BCUT2D eigenvalue weighted by molar-refractivity contribution is -0.191. The van der Waals surface area contributed by atoms with Gasteiger partial charge in [0, 0.05) is 60.5 Å². The lowest BCUT2D eigenvalue weighted by Gasteiger charge is -2.52. The Kier molecular flexibility index (Phi) is 13.5. The van der Waals surface area contributed by atoms with Crippen LogP contribution in [0.15, 0.2) is 60.2 Å². The zero-order valence-corrected chi connectivity index (χ0v) is 36.4. The molecule has 2 saturated carbocycles. The van der Waals surface area contributed by atoms with E-state index < -0.39 is 47.7 Å². The molecular formula is C52H61NO10. The molecule has 2 aliphatic carbocycles. The maximum Gasteiger partial charge on any atom is 0.334 e. The molecule has 2 fully saturated rings. The van der Waals surface area contributed by atoms with Gasteiger partial charge in [0.2, 0.25) is 0 Å². The SMILES string of the molecule is CCCCCc1c(CO)cc([C@H]2C#C[C@@H]3CC(=O)Oc4cc(O)c(cc43)C[C@H]3OC(=O)/C(=C\[C@H](O)Cc4cccc(c4)C[C@@H]4C(=O)CC[C@@H]5[C@H]4CCC[C@]53O)C2)cc1NC[C@H](C)O. The lowest BCUT2D eigenvalue weighted by atomic mass is 9.56. The number of rotatable bonds is 9. The fourth-order valence-electron chi connectivity index (χ4n) is 11.1. The van der Waals surface area contributed by atoms with E-state index in [-0.39, 0.29) is 85.9 Å². The van der Waals surface area contributed by atoms with Crippen molar-refractivity contribution in [1.29, 1.82) is 0 Å². The summed E-state index contributed by atoms with van der Waals surface area (Å²) in [6.45, 7) is 3.82. The van der Waals surface area contributed by atoms with E-state index in [4.69, 9.17) is 9.47 Å². The highest BCUT2D eigenvalue weighted by Crippen LogP contribution is 2.52. The molecule has 63 heavy (non-hydrogen) atoms. The summed E-state index contributed by atoms with van der Waals surface area (Å²) in [5, 5.41) is 61.0. The minimum absolute atomic E-state index is 0.0283. The average Bonchev–Trinajstić information content (AvgIpc) is 3.25. The average molecular weight is 860 g/mol. The van der Waals surface area contributed by atoms with Crippen molar-refractivity contribution in [2.75, 3.05) is 11.9 Å². The number of nitrogens with one attached hydrogen (secondary N) is 1. The van der Waals surface area contributed by atoms with Crippen LogP contribution in [0.3, 0.4) is 0 Å². The maximum atomic E-state index is 15.0. The molecule has 6 N–H and O–H groups in total. The standard InChI is InChI=1S/C52H61NO10/c1-3-4-5-10-40-38(29-54)21-35(24-45(40)53-28-30(2)55)33-12-13-34-26-50(59)62-48-27-47(58)36(23-42(34)48)25-49-52(61)16-7-11-41-43(46(57)15-14-44(41)52)19-32-9-6-8-31(17-32)18-39(56)22-37(20-33)51(60)63-49/h6,8-9,17,21-24,27,30,33-34,39,41,43-44,49,53-56,58,61H,3-5,7,10-11,14-16,18-20,25-26,28-29H2,1-2H3/b37-22-/t30-,33-,34+,39+,41-,43-,44+,49+,52-/m0/s1. The molecule has 5 aliphatic rings. The van der Waals surface area contributed by atoms with Crippen molar-refractivity contribution >= 4 is 23.4 Å². The number of Topliss-reactive ketones (excluding diaryl/α,β-unsaturated/α-hetero) is 1. The molecule has 0 saturated heterocycles. The highest BCUT2D eigenvalue weighted by Gasteiger charge is 2.55. The molecule has 3 aromatic carbocycles. The molecule has 9 atom stereocenters. The number of ketones is 1. The molecule has 0 amide bonds. The summed E-state index contributed by atoms with van der Waals surface area (Å²) in [7, 11) is 0. The van der Waals surface area contributed by atoms with Gasteiger partial charge in [0.1, 0.15) is 29.0 Å². The number of phenols is 1. The highest BCUT2D eigenvalue weighted by atomic mass is 16.6. The third-order valence-electron chi connectivity index (χ3n) is 14.3. The predicted molar refractivity (Wildman–Crippen MR) is 237 cm³/mol. The number of esters is 2. The van der Waals surface area contributed by atoms with Gasteiger partial charge in [-0.3, -0.25) is 9.59 Å². The number of fused-ring (bicyclic) bond motifs is 7. The fourth-order valence-corrected chi connectivity index (χ4v) is 11.1. The molecule has 10 bridgehead atoms. The van der Waals surface area contributed by atoms with Crippen molar-refractivity contribution in [2.24, 2.45) is 17.8 Å². The Morgan fingerprint density at radius 2 is 1.75 bits per heavy atom. The first kappa shape index (κ1) is 44.6. The van der Waals surface area contributed by atoms with Crippen LogP contribution >= 0.6 is 0 Å². The summed E-state index contributed by atoms with van der Waals surface area (Å²) in [6, 6.07) is 14.9. The number of phenolic OH excluding ortho intramolecular Hbond substituents is 1. The van der Waals surface area contributed by atoms with Crippen LogP contribution in [0.5, 0.6) is 11.5 Å². The number of hydrogen-bond acceptors (Lipinski definition) is 11. The molecule has 11 nitrogen and oxygen atoms in total. The number of aliphatic hydroxyl groups is 4. The van der Waals surface area contributed by atoms with Crippen molar-refractivity contribution in [3.05, 3.63) is 99.1 Å². The van der Waals surface area contributed by atoms with Gasteiger partial charge < -0.3 is 40.3 Å². The van der Waals surface area contributed by atoms with Gasteiger partial charge in [-0.2, -0.15) is 0 Å². The second kappa shape index (κ2) is 19.0. The van der Waals surface area contributed by atoms with Crippen LogP contribution in [-0.2, 0) is 51.4 Å². The molecule has 3 aromatic rings. The number of carbonyl (C=O) groups is 3. The first-order valence-electron chi connectivity index (χ1n) is 23.0. The number of hydrogen-bond donors (Lipinski definition) is 6.